The van der Waals surface area contributed by atoms with Crippen molar-refractivity contribution in [2.24, 2.45) is 0 Å². The Labute approximate surface area is 118 Å². The summed E-state index contributed by atoms with van der Waals surface area (Å²) in [6.07, 6.45) is 8.41. The fourth-order valence-electron chi connectivity index (χ4n) is 3.30. The number of carbonyl (C=O) groups excluding carboxylic acids is 2. The molecule has 0 unspecified atom stereocenters. The number of imide groups is 1. The molecular formula is C14H20N4O2. The van der Waals surface area contributed by atoms with E-state index in [1.807, 2.05) is 17.8 Å². The van der Waals surface area contributed by atoms with Crippen LogP contribution in [-0.2, 0) is 17.9 Å². The molecule has 6 heteroatoms. The first-order valence-corrected chi connectivity index (χ1v) is 7.30. The third kappa shape index (κ3) is 1.99. The van der Waals surface area contributed by atoms with Crippen LogP contribution in [0.25, 0.3) is 0 Å². The summed E-state index contributed by atoms with van der Waals surface area (Å²) in [5.41, 5.74) is 0.352. The molecule has 20 heavy (non-hydrogen) atoms. The molecule has 1 aromatic rings. The van der Waals surface area contributed by atoms with Gasteiger partial charge in [-0.2, -0.15) is 5.10 Å². The molecule has 0 atom stereocenters. The molecule has 108 valence electrons. The van der Waals surface area contributed by atoms with Gasteiger partial charge in [-0.3, -0.25) is 14.8 Å². The number of aryl methyl sites for hydroxylation is 1. The van der Waals surface area contributed by atoms with E-state index in [0.29, 0.717) is 6.54 Å². The number of carbonyl (C=O) groups is 2. The second kappa shape index (κ2) is 4.92. The zero-order valence-corrected chi connectivity index (χ0v) is 11.8. The van der Waals surface area contributed by atoms with Crippen LogP contribution in [0.4, 0.5) is 4.79 Å². The Hall–Kier alpha value is -1.85. The van der Waals surface area contributed by atoms with Crippen LogP contribution in [0.3, 0.4) is 0 Å². The number of rotatable bonds is 3. The van der Waals surface area contributed by atoms with E-state index in [9.17, 15) is 9.59 Å². The average molecular weight is 276 g/mol. The maximum absolute atomic E-state index is 12.2. The number of amides is 3. The van der Waals surface area contributed by atoms with Crippen LogP contribution in [-0.4, -0.2) is 32.2 Å². The number of urea groups is 1. The van der Waals surface area contributed by atoms with E-state index >= 15 is 0 Å². The number of nitrogens with zero attached hydrogens (tertiary/aromatic N) is 3. The Morgan fingerprint density at radius 1 is 1.30 bits per heavy atom. The fourth-order valence-corrected chi connectivity index (χ4v) is 3.30. The minimum atomic E-state index is -0.621. The van der Waals surface area contributed by atoms with Crippen molar-refractivity contribution in [3.8, 4) is 0 Å². The molecule has 0 radical (unpaired) electrons. The molecule has 0 aromatic carbocycles. The normalized spacial score (nSPS) is 21.6. The number of nitrogens with one attached hydrogen (secondary N) is 1. The molecule has 1 aliphatic heterocycles. The molecule has 1 spiro atoms. The lowest BCUT2D eigenvalue weighted by Crippen LogP contribution is -2.50. The second-order valence-corrected chi connectivity index (χ2v) is 5.64. The van der Waals surface area contributed by atoms with Crippen molar-refractivity contribution in [3.63, 3.8) is 0 Å². The maximum Gasteiger partial charge on any atom is 0.325 e. The van der Waals surface area contributed by atoms with Gasteiger partial charge < -0.3 is 4.90 Å². The molecular weight excluding hydrogens is 256 g/mol. The third-order valence-corrected chi connectivity index (χ3v) is 4.44. The van der Waals surface area contributed by atoms with Gasteiger partial charge in [-0.05, 0) is 19.8 Å². The number of hydrogen-bond donors (Lipinski definition) is 1. The van der Waals surface area contributed by atoms with Gasteiger partial charge in [0.2, 0.25) is 0 Å². The average Bonchev–Trinajstić information content (AvgIpc) is 3.00. The Morgan fingerprint density at radius 2 is 2.05 bits per heavy atom. The predicted octanol–water partition coefficient (Wildman–Crippen LogP) is 1.66. The van der Waals surface area contributed by atoms with Crippen LogP contribution >= 0.6 is 0 Å². The monoisotopic (exact) mass is 276 g/mol. The van der Waals surface area contributed by atoms with Gasteiger partial charge in [-0.1, -0.05) is 19.3 Å². The van der Waals surface area contributed by atoms with Crippen molar-refractivity contribution >= 4 is 11.9 Å². The molecule has 1 N–H and O–H groups in total. The predicted molar refractivity (Wildman–Crippen MR) is 72.8 cm³/mol. The summed E-state index contributed by atoms with van der Waals surface area (Å²) in [6.45, 7) is 3.28. The van der Waals surface area contributed by atoms with E-state index in [-0.39, 0.29) is 11.9 Å². The molecule has 1 saturated carbocycles. The summed E-state index contributed by atoms with van der Waals surface area (Å²) >= 11 is 0. The minimum Gasteiger partial charge on any atom is -0.305 e. The van der Waals surface area contributed by atoms with E-state index in [2.05, 4.69) is 10.4 Å². The van der Waals surface area contributed by atoms with Gasteiger partial charge in [-0.15, -0.1) is 0 Å². The molecule has 1 aromatic heterocycles. The molecule has 6 nitrogen and oxygen atoms in total. The second-order valence-electron chi connectivity index (χ2n) is 5.64. The van der Waals surface area contributed by atoms with Crippen LogP contribution < -0.4 is 5.32 Å². The molecule has 3 amide bonds. The highest BCUT2D eigenvalue weighted by Crippen LogP contribution is 2.37. The Kier molecular flexibility index (Phi) is 3.23. The van der Waals surface area contributed by atoms with Gasteiger partial charge in [0.15, 0.2) is 0 Å². The molecule has 1 aliphatic carbocycles. The van der Waals surface area contributed by atoms with E-state index in [4.69, 9.17) is 0 Å². The van der Waals surface area contributed by atoms with Gasteiger partial charge in [0.1, 0.15) is 5.54 Å². The lowest BCUT2D eigenvalue weighted by molar-refractivity contribution is -0.128. The maximum atomic E-state index is 12.2. The highest BCUT2D eigenvalue weighted by atomic mass is 16.2. The van der Waals surface area contributed by atoms with Crippen molar-refractivity contribution in [3.05, 3.63) is 18.0 Å². The van der Waals surface area contributed by atoms with E-state index in [1.54, 1.807) is 11.1 Å². The Morgan fingerprint density at radius 3 is 2.70 bits per heavy atom. The van der Waals surface area contributed by atoms with E-state index < -0.39 is 5.54 Å². The quantitative estimate of drug-likeness (QED) is 0.854. The summed E-state index contributed by atoms with van der Waals surface area (Å²) in [6, 6.07) is -0.263. The SMILES string of the molecule is CCn1cc(CN2C(=O)NC(=O)C23CCCCC3)cn1. The molecule has 2 aliphatic rings. The van der Waals surface area contributed by atoms with Crippen LogP contribution in [0, 0.1) is 0 Å². The van der Waals surface area contributed by atoms with E-state index in [0.717, 1.165) is 44.2 Å². The Bertz CT molecular complexity index is 531. The summed E-state index contributed by atoms with van der Waals surface area (Å²) in [4.78, 5) is 26.0. The topological polar surface area (TPSA) is 67.2 Å². The number of aromatic nitrogens is 2. The fraction of sp³-hybridized carbons (Fsp3) is 0.643. The zero-order valence-electron chi connectivity index (χ0n) is 11.8. The molecule has 3 rings (SSSR count). The van der Waals surface area contributed by atoms with Crippen molar-refractivity contribution in [1.82, 2.24) is 20.0 Å². The smallest absolute Gasteiger partial charge is 0.305 e. The van der Waals surface area contributed by atoms with Crippen molar-refractivity contribution in [2.45, 2.75) is 57.7 Å². The molecule has 2 fully saturated rings. The van der Waals surface area contributed by atoms with Gasteiger partial charge in [0.25, 0.3) is 5.91 Å². The van der Waals surface area contributed by atoms with Crippen LogP contribution in [0.1, 0.15) is 44.6 Å². The highest BCUT2D eigenvalue weighted by Gasteiger charge is 2.52. The van der Waals surface area contributed by atoms with E-state index in [1.165, 1.54) is 0 Å². The lowest BCUT2D eigenvalue weighted by atomic mass is 9.80. The third-order valence-electron chi connectivity index (χ3n) is 4.44. The zero-order chi connectivity index (χ0) is 14.2. The van der Waals surface area contributed by atoms with Crippen LogP contribution in [0.15, 0.2) is 12.4 Å². The van der Waals surface area contributed by atoms with Gasteiger partial charge in [0.05, 0.1) is 12.7 Å². The molecule has 2 heterocycles. The standard InChI is InChI=1S/C14H20N4O2/c1-2-17-9-11(8-15-17)10-18-13(20)16-12(19)14(18)6-4-3-5-7-14/h8-9H,2-7,10H2,1H3,(H,16,19,20). The molecule has 1 saturated heterocycles. The summed E-state index contributed by atoms with van der Waals surface area (Å²) in [5, 5.41) is 6.72. The first-order chi connectivity index (χ1) is 9.65. The first kappa shape index (κ1) is 13.1. The van der Waals surface area contributed by atoms with Gasteiger partial charge in [-0.25, -0.2) is 4.79 Å². The highest BCUT2D eigenvalue weighted by molar-refractivity contribution is 6.07. The van der Waals surface area contributed by atoms with Gasteiger partial charge in [0, 0.05) is 18.3 Å². The van der Waals surface area contributed by atoms with Crippen molar-refractivity contribution < 1.29 is 9.59 Å². The number of hydrogen-bond acceptors (Lipinski definition) is 3. The summed E-state index contributed by atoms with van der Waals surface area (Å²) in [5.74, 6) is -0.120. The largest absolute Gasteiger partial charge is 0.325 e. The summed E-state index contributed by atoms with van der Waals surface area (Å²) in [7, 11) is 0. The Balaban J connectivity index is 1.85. The van der Waals surface area contributed by atoms with Crippen molar-refractivity contribution in [1.29, 1.82) is 0 Å². The van der Waals surface area contributed by atoms with Crippen LogP contribution in [0.2, 0.25) is 0 Å². The van der Waals surface area contributed by atoms with Gasteiger partial charge >= 0.3 is 6.03 Å². The molecule has 0 bridgehead atoms. The van der Waals surface area contributed by atoms with Crippen LogP contribution in [0.5, 0.6) is 0 Å². The lowest BCUT2D eigenvalue weighted by Gasteiger charge is -2.38. The first-order valence-electron chi connectivity index (χ1n) is 7.30. The minimum absolute atomic E-state index is 0.120. The summed E-state index contributed by atoms with van der Waals surface area (Å²) < 4.78 is 1.83. The van der Waals surface area contributed by atoms with Crippen molar-refractivity contribution in [2.75, 3.05) is 0 Å².